The van der Waals surface area contributed by atoms with E-state index in [4.69, 9.17) is 4.74 Å². The van der Waals surface area contributed by atoms with Crippen molar-refractivity contribution in [2.24, 2.45) is 23.7 Å². The van der Waals surface area contributed by atoms with Crippen molar-refractivity contribution < 1.29 is 9.53 Å². The smallest absolute Gasteiger partial charge is 0.225 e. The molecule has 190 valence electrons. The minimum atomic E-state index is 0.174. The Morgan fingerprint density at radius 3 is 2.39 bits per heavy atom. The molecule has 0 spiro atoms. The summed E-state index contributed by atoms with van der Waals surface area (Å²) in [6, 6.07) is 0.421. The van der Waals surface area contributed by atoms with Crippen molar-refractivity contribution in [3.05, 3.63) is 0 Å². The van der Waals surface area contributed by atoms with Gasteiger partial charge in [0.25, 0.3) is 0 Å². The van der Waals surface area contributed by atoms with Gasteiger partial charge in [-0.15, -0.1) is 0 Å². The fourth-order valence-corrected chi connectivity index (χ4v) is 6.70. The predicted octanol–water partition coefficient (Wildman–Crippen LogP) is 2.28. The van der Waals surface area contributed by atoms with Gasteiger partial charge in [0, 0.05) is 45.8 Å². The molecule has 33 heavy (non-hydrogen) atoms. The lowest BCUT2D eigenvalue weighted by molar-refractivity contribution is -0.135. The van der Waals surface area contributed by atoms with E-state index in [1.165, 1.54) is 44.9 Å². The van der Waals surface area contributed by atoms with Crippen molar-refractivity contribution in [1.82, 2.24) is 26.2 Å². The first-order chi connectivity index (χ1) is 16.1. The number of nitrogens with one attached hydrogen (secondary N) is 4. The van der Waals surface area contributed by atoms with Crippen LogP contribution in [0.5, 0.6) is 0 Å². The third kappa shape index (κ3) is 7.38. The second-order valence-electron chi connectivity index (χ2n) is 11.3. The van der Waals surface area contributed by atoms with Gasteiger partial charge >= 0.3 is 0 Å². The summed E-state index contributed by atoms with van der Waals surface area (Å²) < 4.78 is 5.54. The summed E-state index contributed by atoms with van der Waals surface area (Å²) in [7, 11) is 3.87. The van der Waals surface area contributed by atoms with Crippen LogP contribution in [0.2, 0.25) is 0 Å². The van der Waals surface area contributed by atoms with Crippen molar-refractivity contribution in [1.29, 1.82) is 0 Å². The molecule has 0 bridgehead atoms. The summed E-state index contributed by atoms with van der Waals surface area (Å²) in [6.07, 6.45) is 13.7. The molecule has 0 aromatic carbocycles. The van der Waals surface area contributed by atoms with Crippen molar-refractivity contribution in [2.45, 2.75) is 89.1 Å². The molecule has 2 saturated carbocycles. The van der Waals surface area contributed by atoms with Crippen LogP contribution in [0.3, 0.4) is 0 Å². The normalized spacial score (nSPS) is 36.4. The van der Waals surface area contributed by atoms with Gasteiger partial charge in [-0.2, -0.15) is 0 Å². The average molecular weight is 464 g/mol. The third-order valence-corrected chi connectivity index (χ3v) is 9.02. The second kappa shape index (κ2) is 12.8. The molecular weight excluding hydrogens is 414 g/mol. The molecule has 7 nitrogen and oxygen atoms in total. The highest BCUT2D eigenvalue weighted by molar-refractivity contribution is 5.78. The van der Waals surface area contributed by atoms with Crippen LogP contribution in [-0.4, -0.2) is 76.1 Å². The molecule has 4 rings (SSSR count). The Balaban J connectivity index is 1.15. The Bertz CT molecular complexity index is 583. The van der Waals surface area contributed by atoms with Crippen LogP contribution in [0.4, 0.5) is 0 Å². The van der Waals surface area contributed by atoms with Crippen LogP contribution in [-0.2, 0) is 9.53 Å². The zero-order chi connectivity index (χ0) is 23.0. The number of methoxy groups -OCH3 is 1. The highest BCUT2D eigenvalue weighted by Gasteiger charge is 2.33. The molecule has 0 aromatic rings. The van der Waals surface area contributed by atoms with Gasteiger partial charge in [-0.05, 0) is 95.1 Å². The maximum Gasteiger partial charge on any atom is 0.225 e. The van der Waals surface area contributed by atoms with E-state index in [1.54, 1.807) is 0 Å². The Morgan fingerprint density at radius 1 is 0.970 bits per heavy atom. The summed E-state index contributed by atoms with van der Waals surface area (Å²) >= 11 is 0. The quantitative estimate of drug-likeness (QED) is 0.442. The number of carbonyl (C=O) groups is 1. The standard InChI is InChI=1S/C26H49N5O2/c1-31(15-12-19-10-13-27-14-11-19)25(32)21-4-3-5-23(16-21)30-26-28-17-22(18-29-26)20-6-8-24(33-2)9-7-20/h19-24,26-30H,3-18H2,1-2H3. The van der Waals surface area contributed by atoms with Crippen molar-refractivity contribution in [3.8, 4) is 0 Å². The highest BCUT2D eigenvalue weighted by atomic mass is 16.5. The summed E-state index contributed by atoms with van der Waals surface area (Å²) in [5.74, 6) is 2.86. The van der Waals surface area contributed by atoms with Crippen LogP contribution < -0.4 is 21.3 Å². The van der Waals surface area contributed by atoms with Gasteiger partial charge in [0.05, 0.1) is 6.10 Å². The number of piperidine rings is 1. The Morgan fingerprint density at radius 2 is 1.70 bits per heavy atom. The lowest BCUT2D eigenvalue weighted by atomic mass is 9.78. The van der Waals surface area contributed by atoms with E-state index in [9.17, 15) is 4.79 Å². The number of amides is 1. The first kappa shape index (κ1) is 25.4. The molecule has 2 unspecified atom stereocenters. The molecular formula is C26H49N5O2. The Labute approximate surface area is 201 Å². The van der Waals surface area contributed by atoms with Crippen LogP contribution in [0, 0.1) is 23.7 Å². The number of ether oxygens (including phenoxy) is 1. The molecule has 2 heterocycles. The van der Waals surface area contributed by atoms with E-state index >= 15 is 0 Å². The van der Waals surface area contributed by atoms with E-state index in [-0.39, 0.29) is 12.2 Å². The summed E-state index contributed by atoms with van der Waals surface area (Å²) in [5, 5.41) is 14.6. The topological polar surface area (TPSA) is 77.7 Å². The van der Waals surface area contributed by atoms with E-state index in [0.29, 0.717) is 18.1 Å². The van der Waals surface area contributed by atoms with Crippen LogP contribution in [0.1, 0.15) is 70.6 Å². The summed E-state index contributed by atoms with van der Waals surface area (Å²) in [4.78, 5) is 15.1. The fourth-order valence-electron chi connectivity index (χ4n) is 6.70. The number of rotatable bonds is 8. The van der Waals surface area contributed by atoms with Gasteiger partial charge in [0.1, 0.15) is 6.29 Å². The molecule has 4 fully saturated rings. The van der Waals surface area contributed by atoms with Crippen LogP contribution in [0.15, 0.2) is 0 Å². The van der Waals surface area contributed by atoms with Crippen molar-refractivity contribution >= 4 is 5.91 Å². The molecule has 7 heteroatoms. The highest BCUT2D eigenvalue weighted by Crippen LogP contribution is 2.32. The first-order valence-corrected chi connectivity index (χ1v) is 13.8. The first-order valence-electron chi connectivity index (χ1n) is 13.8. The van der Waals surface area contributed by atoms with Crippen LogP contribution >= 0.6 is 0 Å². The van der Waals surface area contributed by atoms with Gasteiger partial charge in [0.15, 0.2) is 0 Å². The Hall–Kier alpha value is -0.730. The molecule has 4 N–H and O–H groups in total. The molecule has 0 radical (unpaired) electrons. The zero-order valence-corrected chi connectivity index (χ0v) is 21.1. The van der Waals surface area contributed by atoms with Gasteiger partial charge in [0.2, 0.25) is 5.91 Å². The Kier molecular flexibility index (Phi) is 9.86. The predicted molar refractivity (Wildman–Crippen MR) is 133 cm³/mol. The number of nitrogens with zero attached hydrogens (tertiary/aromatic N) is 1. The summed E-state index contributed by atoms with van der Waals surface area (Å²) in [6.45, 7) is 5.36. The number of carbonyl (C=O) groups excluding carboxylic acids is 1. The molecule has 2 atom stereocenters. The minimum absolute atomic E-state index is 0.174. The maximum absolute atomic E-state index is 13.1. The second-order valence-corrected chi connectivity index (χ2v) is 11.3. The zero-order valence-electron chi connectivity index (χ0n) is 21.1. The van der Waals surface area contributed by atoms with Gasteiger partial charge < -0.3 is 15.0 Å². The maximum atomic E-state index is 13.1. The van der Waals surface area contributed by atoms with E-state index in [1.807, 2.05) is 19.1 Å². The SMILES string of the molecule is COC1CCC(C2CNC(NC3CCCC(C(=O)N(C)CCC4CCNCC4)C3)NC2)CC1. The molecule has 1 amide bonds. The van der Waals surface area contributed by atoms with Crippen molar-refractivity contribution in [2.75, 3.05) is 46.9 Å². The minimum Gasteiger partial charge on any atom is -0.381 e. The number of hydrogen-bond acceptors (Lipinski definition) is 6. The average Bonchev–Trinajstić information content (AvgIpc) is 2.88. The summed E-state index contributed by atoms with van der Waals surface area (Å²) in [5.41, 5.74) is 0. The molecule has 2 aliphatic carbocycles. The monoisotopic (exact) mass is 463 g/mol. The molecule has 0 aromatic heterocycles. The lowest BCUT2D eigenvalue weighted by Gasteiger charge is -2.41. The van der Waals surface area contributed by atoms with Gasteiger partial charge in [-0.1, -0.05) is 6.42 Å². The number of hydrogen-bond donors (Lipinski definition) is 4. The van der Waals surface area contributed by atoms with Gasteiger partial charge in [-0.3, -0.25) is 20.7 Å². The fraction of sp³-hybridized carbons (Fsp3) is 0.962. The van der Waals surface area contributed by atoms with Gasteiger partial charge in [-0.25, -0.2) is 0 Å². The third-order valence-electron chi connectivity index (χ3n) is 9.02. The lowest BCUT2D eigenvalue weighted by Crippen LogP contribution is -2.63. The van der Waals surface area contributed by atoms with E-state index < -0.39 is 0 Å². The van der Waals surface area contributed by atoms with E-state index in [2.05, 4.69) is 21.3 Å². The van der Waals surface area contributed by atoms with Crippen molar-refractivity contribution in [3.63, 3.8) is 0 Å². The molecule has 2 saturated heterocycles. The van der Waals surface area contributed by atoms with Crippen LogP contribution in [0.25, 0.3) is 0 Å². The largest absolute Gasteiger partial charge is 0.381 e. The molecule has 4 aliphatic rings. The van der Waals surface area contributed by atoms with E-state index in [0.717, 1.165) is 76.2 Å². The molecule has 2 aliphatic heterocycles.